The van der Waals surface area contributed by atoms with Crippen molar-refractivity contribution >= 4 is 28.9 Å². The average Bonchev–Trinajstić information content (AvgIpc) is 2.94. The summed E-state index contributed by atoms with van der Waals surface area (Å²) in [5, 5.41) is 1.20. The largest absolute Gasteiger partial charge is 0.384 e. The molecule has 0 bridgehead atoms. The molecule has 3 aromatic rings. The molecule has 0 amide bonds. The van der Waals surface area contributed by atoms with Gasteiger partial charge in [-0.15, -0.1) is 11.3 Å². The van der Waals surface area contributed by atoms with Crippen LogP contribution in [0.25, 0.3) is 10.6 Å². The van der Waals surface area contributed by atoms with Crippen LogP contribution in [0.5, 0.6) is 0 Å². The summed E-state index contributed by atoms with van der Waals surface area (Å²) in [4.78, 5) is 14.2. The second-order valence-corrected chi connectivity index (χ2v) is 7.43. The highest BCUT2D eigenvalue weighted by molar-refractivity contribution is 7.98. The van der Waals surface area contributed by atoms with Gasteiger partial charge in [0, 0.05) is 34.0 Å². The van der Waals surface area contributed by atoms with E-state index in [2.05, 4.69) is 15.0 Å². The number of hydrogen-bond donors (Lipinski definition) is 1. The van der Waals surface area contributed by atoms with E-state index in [0.717, 1.165) is 28.8 Å². The first kappa shape index (κ1) is 17.8. The Bertz CT molecular complexity index is 871. The molecule has 130 valence electrons. The third-order valence-electron chi connectivity index (χ3n) is 3.40. The molecule has 8 heteroatoms. The Morgan fingerprint density at radius 3 is 2.44 bits per heavy atom. The van der Waals surface area contributed by atoms with Crippen LogP contribution in [0.15, 0.2) is 29.4 Å². The molecule has 2 N–H and O–H groups in total. The van der Waals surface area contributed by atoms with Gasteiger partial charge in [0.2, 0.25) is 0 Å². The number of aromatic nitrogens is 3. The van der Waals surface area contributed by atoms with Crippen molar-refractivity contribution in [2.75, 3.05) is 5.73 Å². The Morgan fingerprint density at radius 1 is 1.08 bits per heavy atom. The predicted molar refractivity (Wildman–Crippen MR) is 97.6 cm³/mol. The van der Waals surface area contributed by atoms with Crippen molar-refractivity contribution in [1.29, 1.82) is 0 Å². The van der Waals surface area contributed by atoms with Crippen molar-refractivity contribution in [3.8, 4) is 10.6 Å². The van der Waals surface area contributed by atoms with Gasteiger partial charge in [0.25, 0.3) is 0 Å². The number of thioether (sulfide) groups is 1. The third-order valence-corrected chi connectivity index (χ3v) is 5.55. The zero-order valence-electron chi connectivity index (χ0n) is 13.7. The first-order valence-electron chi connectivity index (χ1n) is 7.63. The standard InChI is InChI=1S/C17H16F2N4S2/c1-3-14-13(8-24-17-21-9(2)4-15(20)23-17)22-16(25-14)10-5-11(18)7-12(19)6-10/h4-7H,3,8H2,1-2H3,(H2,20,21,23). The molecular weight excluding hydrogens is 362 g/mol. The molecule has 25 heavy (non-hydrogen) atoms. The molecule has 0 unspecified atom stereocenters. The average molecular weight is 378 g/mol. The maximum Gasteiger partial charge on any atom is 0.190 e. The highest BCUT2D eigenvalue weighted by atomic mass is 32.2. The lowest BCUT2D eigenvalue weighted by Gasteiger charge is -2.02. The van der Waals surface area contributed by atoms with Gasteiger partial charge in [-0.1, -0.05) is 18.7 Å². The molecule has 0 atom stereocenters. The number of nitrogens with two attached hydrogens (primary N) is 1. The second kappa shape index (κ2) is 7.45. The van der Waals surface area contributed by atoms with E-state index in [1.807, 2.05) is 13.8 Å². The Hall–Kier alpha value is -2.06. The summed E-state index contributed by atoms with van der Waals surface area (Å²) < 4.78 is 26.9. The Morgan fingerprint density at radius 2 is 1.80 bits per heavy atom. The lowest BCUT2D eigenvalue weighted by molar-refractivity contribution is 0.584. The molecular formula is C17H16F2N4S2. The second-order valence-electron chi connectivity index (χ2n) is 5.41. The van der Waals surface area contributed by atoms with Gasteiger partial charge in [-0.25, -0.2) is 23.7 Å². The monoisotopic (exact) mass is 378 g/mol. The zero-order chi connectivity index (χ0) is 18.0. The van der Waals surface area contributed by atoms with Gasteiger partial charge in [0.15, 0.2) is 5.16 Å². The number of halogens is 2. The fraction of sp³-hybridized carbons (Fsp3) is 0.235. The molecule has 0 spiro atoms. The molecule has 3 rings (SSSR count). The SMILES string of the molecule is CCc1sc(-c2cc(F)cc(F)c2)nc1CSc1nc(C)cc(N)n1. The molecule has 0 aliphatic carbocycles. The van der Waals surface area contributed by atoms with Gasteiger partial charge < -0.3 is 5.73 Å². The van der Waals surface area contributed by atoms with Crippen LogP contribution in [0, 0.1) is 18.6 Å². The fourth-order valence-electron chi connectivity index (χ4n) is 2.34. The normalized spacial score (nSPS) is 11.0. The van der Waals surface area contributed by atoms with E-state index in [1.165, 1.54) is 35.2 Å². The maximum atomic E-state index is 13.5. The lowest BCUT2D eigenvalue weighted by atomic mass is 10.2. The fourth-order valence-corrected chi connectivity index (χ4v) is 4.31. The van der Waals surface area contributed by atoms with E-state index in [1.54, 1.807) is 6.07 Å². The number of aryl methyl sites for hydroxylation is 2. The maximum absolute atomic E-state index is 13.5. The van der Waals surface area contributed by atoms with Crippen molar-refractivity contribution in [2.24, 2.45) is 0 Å². The van der Waals surface area contributed by atoms with E-state index in [-0.39, 0.29) is 0 Å². The minimum Gasteiger partial charge on any atom is -0.384 e. The Kier molecular flexibility index (Phi) is 5.29. The Labute approximate surface area is 152 Å². The number of benzene rings is 1. The molecule has 2 aromatic heterocycles. The minimum absolute atomic E-state index is 0.430. The van der Waals surface area contributed by atoms with Gasteiger partial charge >= 0.3 is 0 Å². The van der Waals surface area contributed by atoms with Gasteiger partial charge in [0.05, 0.1) is 5.69 Å². The summed E-state index contributed by atoms with van der Waals surface area (Å²) in [6.45, 7) is 3.89. The van der Waals surface area contributed by atoms with E-state index >= 15 is 0 Å². The number of nitrogen functional groups attached to an aromatic ring is 1. The molecule has 0 aliphatic rings. The minimum atomic E-state index is -0.609. The first-order chi connectivity index (χ1) is 11.9. The smallest absolute Gasteiger partial charge is 0.190 e. The van der Waals surface area contributed by atoms with Gasteiger partial charge in [-0.05, 0) is 25.5 Å². The number of nitrogens with zero attached hydrogens (tertiary/aromatic N) is 3. The number of rotatable bonds is 5. The summed E-state index contributed by atoms with van der Waals surface area (Å²) >= 11 is 2.89. The van der Waals surface area contributed by atoms with Crippen molar-refractivity contribution in [3.63, 3.8) is 0 Å². The quantitative estimate of drug-likeness (QED) is 0.518. The summed E-state index contributed by atoms with van der Waals surface area (Å²) in [6, 6.07) is 5.15. The highest BCUT2D eigenvalue weighted by Gasteiger charge is 2.14. The molecule has 2 heterocycles. The highest BCUT2D eigenvalue weighted by Crippen LogP contribution is 2.32. The number of hydrogen-bond acceptors (Lipinski definition) is 6. The summed E-state index contributed by atoms with van der Waals surface area (Å²) in [7, 11) is 0. The molecule has 0 saturated heterocycles. The van der Waals surface area contributed by atoms with Gasteiger partial charge in [-0.2, -0.15) is 0 Å². The molecule has 0 radical (unpaired) electrons. The van der Waals surface area contributed by atoms with Gasteiger partial charge in [-0.3, -0.25) is 0 Å². The van der Waals surface area contributed by atoms with Crippen molar-refractivity contribution in [2.45, 2.75) is 31.2 Å². The predicted octanol–water partition coefficient (Wildman–Crippen LogP) is 4.62. The van der Waals surface area contributed by atoms with Crippen LogP contribution in [-0.4, -0.2) is 15.0 Å². The Balaban J connectivity index is 1.85. The first-order valence-corrected chi connectivity index (χ1v) is 9.44. The van der Waals surface area contributed by atoms with E-state index in [4.69, 9.17) is 5.73 Å². The number of anilines is 1. The van der Waals surface area contributed by atoms with Crippen LogP contribution in [0.1, 0.15) is 23.2 Å². The van der Waals surface area contributed by atoms with Crippen molar-refractivity contribution in [3.05, 3.63) is 52.2 Å². The molecule has 0 aliphatic heterocycles. The molecule has 0 fully saturated rings. The summed E-state index contributed by atoms with van der Waals surface area (Å²) in [5.41, 5.74) is 7.87. The van der Waals surface area contributed by atoms with Crippen molar-refractivity contribution < 1.29 is 8.78 Å². The van der Waals surface area contributed by atoms with Gasteiger partial charge in [0.1, 0.15) is 22.5 Å². The molecule has 4 nitrogen and oxygen atoms in total. The lowest BCUT2D eigenvalue weighted by Crippen LogP contribution is -1.97. The van der Waals surface area contributed by atoms with Crippen LogP contribution in [0.2, 0.25) is 0 Å². The molecule has 1 aromatic carbocycles. The van der Waals surface area contributed by atoms with E-state index in [9.17, 15) is 8.78 Å². The van der Waals surface area contributed by atoms with Crippen LogP contribution >= 0.6 is 23.1 Å². The van der Waals surface area contributed by atoms with Crippen LogP contribution in [0.4, 0.5) is 14.6 Å². The molecule has 0 saturated carbocycles. The summed E-state index contributed by atoms with van der Waals surface area (Å²) in [5.74, 6) is -0.217. The van der Waals surface area contributed by atoms with Crippen LogP contribution < -0.4 is 5.73 Å². The van der Waals surface area contributed by atoms with Crippen LogP contribution in [0.3, 0.4) is 0 Å². The van der Waals surface area contributed by atoms with Crippen molar-refractivity contribution in [1.82, 2.24) is 15.0 Å². The van der Waals surface area contributed by atoms with Crippen LogP contribution in [-0.2, 0) is 12.2 Å². The number of thiazole rings is 1. The topological polar surface area (TPSA) is 64.7 Å². The zero-order valence-corrected chi connectivity index (χ0v) is 15.3. The third kappa shape index (κ3) is 4.32. The van der Waals surface area contributed by atoms with E-state index < -0.39 is 11.6 Å². The summed E-state index contributed by atoms with van der Waals surface area (Å²) in [6.07, 6.45) is 0.794. The van der Waals surface area contributed by atoms with E-state index in [0.29, 0.717) is 27.3 Å².